The van der Waals surface area contributed by atoms with Crippen molar-refractivity contribution >= 4 is 17.8 Å². The Labute approximate surface area is 121 Å². The van der Waals surface area contributed by atoms with Crippen molar-refractivity contribution in [2.24, 2.45) is 0 Å². The van der Waals surface area contributed by atoms with Gasteiger partial charge in [0.05, 0.1) is 5.69 Å². The fourth-order valence-electron chi connectivity index (χ4n) is 1.72. The van der Waals surface area contributed by atoms with Gasteiger partial charge in [0.15, 0.2) is 0 Å². The minimum absolute atomic E-state index is 0.739. The Kier molecular flexibility index (Phi) is 3.89. The van der Waals surface area contributed by atoms with E-state index in [1.54, 1.807) is 4.68 Å². The van der Waals surface area contributed by atoms with Gasteiger partial charge in [-0.15, -0.1) is 5.10 Å². The third kappa shape index (κ3) is 2.95. The van der Waals surface area contributed by atoms with Crippen LogP contribution in [0.25, 0.3) is 11.8 Å². The van der Waals surface area contributed by atoms with Gasteiger partial charge >= 0.3 is 0 Å². The van der Waals surface area contributed by atoms with Crippen molar-refractivity contribution in [2.75, 3.05) is 0 Å². The molecular weight excluding hydrogens is 268 g/mol. The van der Waals surface area contributed by atoms with Crippen molar-refractivity contribution in [3.05, 3.63) is 71.6 Å². The molecule has 0 saturated carbocycles. The van der Waals surface area contributed by atoms with Crippen molar-refractivity contribution < 1.29 is 0 Å². The van der Waals surface area contributed by atoms with E-state index in [0.717, 1.165) is 16.4 Å². The van der Waals surface area contributed by atoms with Gasteiger partial charge in [-0.2, -0.15) is 4.68 Å². The summed E-state index contributed by atoms with van der Waals surface area (Å²) >= 11 is 1.49. The zero-order valence-electron chi connectivity index (χ0n) is 10.6. The number of benzene rings is 2. The van der Waals surface area contributed by atoms with Crippen LogP contribution in [0.15, 0.2) is 71.2 Å². The Balaban J connectivity index is 1.76. The molecule has 0 fully saturated rings. The van der Waals surface area contributed by atoms with Crippen LogP contribution in [0.3, 0.4) is 0 Å². The van der Waals surface area contributed by atoms with Crippen LogP contribution < -0.4 is 0 Å². The van der Waals surface area contributed by atoms with Crippen LogP contribution in [0, 0.1) is 0 Å². The molecule has 0 bridgehead atoms. The Morgan fingerprint density at radius 3 is 2.35 bits per heavy atom. The van der Waals surface area contributed by atoms with Gasteiger partial charge in [-0.05, 0) is 39.6 Å². The first-order chi connectivity index (χ1) is 9.93. The molecule has 5 heteroatoms. The summed E-state index contributed by atoms with van der Waals surface area (Å²) in [5, 5.41) is 14.5. The maximum absolute atomic E-state index is 4.04. The number of nitrogens with zero attached hydrogens (tertiary/aromatic N) is 4. The predicted molar refractivity (Wildman–Crippen MR) is 80.5 cm³/mol. The van der Waals surface area contributed by atoms with Crippen LogP contribution in [0.5, 0.6) is 0 Å². The number of thioether (sulfide) groups is 1. The molecule has 0 radical (unpaired) electrons. The lowest BCUT2D eigenvalue weighted by Gasteiger charge is -2.01. The van der Waals surface area contributed by atoms with Crippen LogP contribution >= 0.6 is 11.8 Å². The second kappa shape index (κ2) is 6.16. The fraction of sp³-hybridized carbons (Fsp3) is 0. The first kappa shape index (κ1) is 12.6. The summed E-state index contributed by atoms with van der Waals surface area (Å²) < 4.78 is 1.72. The van der Waals surface area contributed by atoms with Crippen LogP contribution in [0.4, 0.5) is 0 Å². The highest BCUT2D eigenvalue weighted by Gasteiger charge is 2.06. The Morgan fingerprint density at radius 2 is 1.60 bits per heavy atom. The molecular formula is C15H12N4S. The van der Waals surface area contributed by atoms with E-state index in [9.17, 15) is 0 Å². The number of para-hydroxylation sites is 1. The van der Waals surface area contributed by atoms with Crippen molar-refractivity contribution in [1.29, 1.82) is 0 Å². The Hall–Kier alpha value is -2.40. The number of rotatable bonds is 4. The molecule has 20 heavy (non-hydrogen) atoms. The molecule has 1 heterocycles. The van der Waals surface area contributed by atoms with E-state index >= 15 is 0 Å². The smallest absolute Gasteiger partial charge is 0.187 e. The molecule has 3 aromatic rings. The highest BCUT2D eigenvalue weighted by atomic mass is 32.2. The molecule has 0 N–H and O–H groups in total. The normalized spacial score (nSPS) is 11.0. The van der Waals surface area contributed by atoms with Gasteiger partial charge in [0.1, 0.15) is 0 Å². The Bertz CT molecular complexity index is 692. The molecule has 0 amide bonds. The second-order valence-electron chi connectivity index (χ2n) is 4.04. The van der Waals surface area contributed by atoms with E-state index in [2.05, 4.69) is 27.7 Å². The molecule has 2 aromatic carbocycles. The largest absolute Gasteiger partial charge is 0.218 e. The molecule has 1 aromatic heterocycles. The van der Waals surface area contributed by atoms with Crippen LogP contribution in [-0.4, -0.2) is 20.2 Å². The zero-order valence-corrected chi connectivity index (χ0v) is 11.4. The quantitative estimate of drug-likeness (QED) is 0.687. The van der Waals surface area contributed by atoms with Gasteiger partial charge in [-0.3, -0.25) is 0 Å². The molecule has 0 aliphatic heterocycles. The van der Waals surface area contributed by atoms with Crippen LogP contribution in [0.1, 0.15) is 5.56 Å². The third-order valence-corrected chi connectivity index (χ3v) is 3.41. The summed E-state index contributed by atoms with van der Waals surface area (Å²) in [6.07, 6.45) is 2.04. The Morgan fingerprint density at radius 1 is 0.900 bits per heavy atom. The summed E-state index contributed by atoms with van der Waals surface area (Å²) in [5.41, 5.74) is 2.10. The average Bonchev–Trinajstić information content (AvgIpc) is 2.98. The monoisotopic (exact) mass is 280 g/mol. The molecule has 0 spiro atoms. The van der Waals surface area contributed by atoms with E-state index < -0.39 is 0 Å². The van der Waals surface area contributed by atoms with E-state index in [1.807, 2.05) is 60.0 Å². The molecule has 0 aliphatic carbocycles. The lowest BCUT2D eigenvalue weighted by molar-refractivity contribution is 0.757. The van der Waals surface area contributed by atoms with Gasteiger partial charge in [-0.1, -0.05) is 60.3 Å². The van der Waals surface area contributed by atoms with Gasteiger partial charge in [0, 0.05) is 0 Å². The summed E-state index contributed by atoms with van der Waals surface area (Å²) in [6, 6.07) is 20.0. The first-order valence-electron chi connectivity index (χ1n) is 6.15. The minimum Gasteiger partial charge on any atom is -0.187 e. The summed E-state index contributed by atoms with van der Waals surface area (Å²) in [5.74, 6) is 0. The number of aromatic nitrogens is 4. The van der Waals surface area contributed by atoms with Crippen molar-refractivity contribution in [3.63, 3.8) is 0 Å². The summed E-state index contributed by atoms with van der Waals surface area (Å²) in [7, 11) is 0. The lowest BCUT2D eigenvalue weighted by atomic mass is 10.2. The highest BCUT2D eigenvalue weighted by Crippen LogP contribution is 2.20. The van der Waals surface area contributed by atoms with E-state index in [1.165, 1.54) is 11.8 Å². The van der Waals surface area contributed by atoms with E-state index in [0.29, 0.717) is 0 Å². The molecule has 0 aliphatic rings. The predicted octanol–water partition coefficient (Wildman–Crippen LogP) is 3.43. The first-order valence-corrected chi connectivity index (χ1v) is 7.03. The van der Waals surface area contributed by atoms with E-state index in [4.69, 9.17) is 0 Å². The fourth-order valence-corrected chi connectivity index (χ4v) is 2.39. The number of hydrogen-bond donors (Lipinski definition) is 0. The van der Waals surface area contributed by atoms with Crippen molar-refractivity contribution in [2.45, 2.75) is 5.16 Å². The second-order valence-corrected chi connectivity index (χ2v) is 4.91. The standard InChI is InChI=1S/C15H12N4S/c1-3-7-13(8-4-1)11-12-20-15-16-17-18-19(15)14-9-5-2-6-10-14/h1-12H/b12-11+. The van der Waals surface area contributed by atoms with Crippen molar-refractivity contribution in [3.8, 4) is 5.69 Å². The molecule has 3 rings (SSSR count). The molecule has 0 unspecified atom stereocenters. The molecule has 98 valence electrons. The molecule has 0 saturated heterocycles. The lowest BCUT2D eigenvalue weighted by Crippen LogP contribution is -1.97. The highest BCUT2D eigenvalue weighted by molar-refractivity contribution is 8.02. The zero-order chi connectivity index (χ0) is 13.6. The van der Waals surface area contributed by atoms with Crippen LogP contribution in [0.2, 0.25) is 0 Å². The maximum Gasteiger partial charge on any atom is 0.218 e. The summed E-state index contributed by atoms with van der Waals surface area (Å²) in [6.45, 7) is 0. The number of hydrogen-bond acceptors (Lipinski definition) is 4. The SMILES string of the molecule is C(=C\c1ccccc1)/Sc1nnnn1-c1ccccc1. The molecule has 0 atom stereocenters. The minimum atomic E-state index is 0.739. The van der Waals surface area contributed by atoms with Crippen LogP contribution in [-0.2, 0) is 0 Å². The summed E-state index contributed by atoms with van der Waals surface area (Å²) in [4.78, 5) is 0. The van der Waals surface area contributed by atoms with E-state index in [-0.39, 0.29) is 0 Å². The molecule has 4 nitrogen and oxygen atoms in total. The van der Waals surface area contributed by atoms with Gasteiger partial charge in [0.2, 0.25) is 5.16 Å². The third-order valence-electron chi connectivity index (χ3n) is 2.68. The van der Waals surface area contributed by atoms with Gasteiger partial charge in [-0.25, -0.2) is 0 Å². The van der Waals surface area contributed by atoms with Gasteiger partial charge < -0.3 is 0 Å². The maximum atomic E-state index is 4.04. The topological polar surface area (TPSA) is 43.6 Å². The average molecular weight is 280 g/mol. The number of tetrazole rings is 1. The van der Waals surface area contributed by atoms with Crippen molar-refractivity contribution in [1.82, 2.24) is 20.2 Å². The van der Waals surface area contributed by atoms with Gasteiger partial charge in [0.25, 0.3) is 0 Å².